The smallest absolute Gasteiger partial charge is 0.252 e. The molecule has 1 fully saturated rings. The summed E-state index contributed by atoms with van der Waals surface area (Å²) in [4.78, 5) is 30.3. The number of rotatable bonds is 4. The zero-order chi connectivity index (χ0) is 21.2. The number of aromatic nitrogens is 4. The molecule has 2 aliphatic heterocycles. The maximum absolute atomic E-state index is 11.4. The van der Waals surface area contributed by atoms with Gasteiger partial charge < -0.3 is 19.7 Å². The number of ether oxygens (including phenoxy) is 2. The van der Waals surface area contributed by atoms with E-state index in [1.807, 2.05) is 24.3 Å². The van der Waals surface area contributed by atoms with Gasteiger partial charge in [0.15, 0.2) is 5.82 Å². The van der Waals surface area contributed by atoms with Crippen molar-refractivity contribution in [1.29, 1.82) is 0 Å². The summed E-state index contributed by atoms with van der Waals surface area (Å²) in [6.07, 6.45) is 2.25. The van der Waals surface area contributed by atoms with Crippen LogP contribution in [-0.4, -0.2) is 52.3 Å². The van der Waals surface area contributed by atoms with Gasteiger partial charge in [0.05, 0.1) is 38.2 Å². The quantitative estimate of drug-likeness (QED) is 0.662. The Hall–Kier alpha value is -3.30. The average Bonchev–Trinajstić information content (AvgIpc) is 2.79. The van der Waals surface area contributed by atoms with Gasteiger partial charge in [-0.25, -0.2) is 15.0 Å². The predicted molar refractivity (Wildman–Crippen MR) is 117 cm³/mol. The maximum atomic E-state index is 11.4. The molecule has 0 radical (unpaired) electrons. The molecule has 5 rings (SSSR count). The van der Waals surface area contributed by atoms with Crippen LogP contribution in [0.2, 0.25) is 0 Å². The summed E-state index contributed by atoms with van der Waals surface area (Å²) in [6.45, 7) is 5.54. The number of hydrogen-bond acceptors (Lipinski definition) is 8. The minimum Gasteiger partial charge on any atom is -0.377 e. The van der Waals surface area contributed by atoms with Gasteiger partial charge in [0, 0.05) is 42.0 Å². The lowest BCUT2D eigenvalue weighted by atomic mass is 10.1. The molecule has 1 atom stereocenters. The molecule has 0 spiro atoms. The Morgan fingerprint density at radius 2 is 2.00 bits per heavy atom. The van der Waals surface area contributed by atoms with E-state index < -0.39 is 0 Å². The van der Waals surface area contributed by atoms with Crippen LogP contribution in [0.1, 0.15) is 18.2 Å². The zero-order valence-corrected chi connectivity index (χ0v) is 17.3. The topological polar surface area (TPSA) is 105 Å². The summed E-state index contributed by atoms with van der Waals surface area (Å²) in [5, 5.41) is 3.10. The fourth-order valence-electron chi connectivity index (χ4n) is 3.90. The minimum atomic E-state index is -0.203. The van der Waals surface area contributed by atoms with Gasteiger partial charge >= 0.3 is 0 Å². The molecular weight excluding hydrogens is 396 g/mol. The summed E-state index contributed by atoms with van der Waals surface area (Å²) < 4.78 is 11.3. The van der Waals surface area contributed by atoms with E-state index in [0.717, 1.165) is 41.3 Å². The molecule has 0 saturated carbocycles. The summed E-state index contributed by atoms with van der Waals surface area (Å²) in [6, 6.07) is 9.40. The van der Waals surface area contributed by atoms with Gasteiger partial charge in [-0.3, -0.25) is 9.78 Å². The molecule has 9 heteroatoms. The SMILES string of the molecule is C[C@H]1COCCN1c1nc(-c2ccc(Nc3nccc(=O)[nH]3)cc2)nc2c1COCC2. The van der Waals surface area contributed by atoms with Crippen LogP contribution in [0.25, 0.3) is 11.4 Å². The number of anilines is 3. The first-order valence-corrected chi connectivity index (χ1v) is 10.4. The normalized spacial score (nSPS) is 18.5. The van der Waals surface area contributed by atoms with Crippen LogP contribution in [-0.2, 0) is 22.5 Å². The van der Waals surface area contributed by atoms with Crippen LogP contribution >= 0.6 is 0 Å². The van der Waals surface area contributed by atoms with E-state index >= 15 is 0 Å². The first-order chi connectivity index (χ1) is 15.2. The van der Waals surface area contributed by atoms with Crippen molar-refractivity contribution in [1.82, 2.24) is 19.9 Å². The first-order valence-electron chi connectivity index (χ1n) is 10.4. The van der Waals surface area contributed by atoms with Crippen molar-refractivity contribution in [3.63, 3.8) is 0 Å². The average molecular weight is 420 g/mol. The van der Waals surface area contributed by atoms with Crippen LogP contribution in [0.3, 0.4) is 0 Å². The summed E-state index contributed by atoms with van der Waals surface area (Å²) >= 11 is 0. The fourth-order valence-corrected chi connectivity index (χ4v) is 3.90. The second-order valence-electron chi connectivity index (χ2n) is 7.70. The third-order valence-electron chi connectivity index (χ3n) is 5.52. The number of benzene rings is 1. The molecule has 1 saturated heterocycles. The number of aromatic amines is 1. The Morgan fingerprint density at radius 3 is 2.81 bits per heavy atom. The molecule has 0 aliphatic carbocycles. The monoisotopic (exact) mass is 420 g/mol. The highest BCUT2D eigenvalue weighted by atomic mass is 16.5. The molecule has 0 bridgehead atoms. The molecule has 31 heavy (non-hydrogen) atoms. The predicted octanol–water partition coefficient (Wildman–Crippen LogP) is 2.27. The van der Waals surface area contributed by atoms with Crippen LogP contribution in [0, 0.1) is 0 Å². The molecule has 9 nitrogen and oxygen atoms in total. The highest BCUT2D eigenvalue weighted by Gasteiger charge is 2.27. The number of nitrogens with one attached hydrogen (secondary N) is 2. The van der Waals surface area contributed by atoms with E-state index in [0.29, 0.717) is 38.2 Å². The Kier molecular flexibility index (Phi) is 5.35. The van der Waals surface area contributed by atoms with Crippen LogP contribution in [0.5, 0.6) is 0 Å². The molecule has 1 aromatic carbocycles. The van der Waals surface area contributed by atoms with Gasteiger partial charge in [-0.05, 0) is 31.2 Å². The minimum absolute atomic E-state index is 0.203. The van der Waals surface area contributed by atoms with Crippen LogP contribution in [0.15, 0.2) is 41.3 Å². The molecule has 2 aromatic heterocycles. The lowest BCUT2D eigenvalue weighted by Gasteiger charge is -2.36. The van der Waals surface area contributed by atoms with Crippen molar-refractivity contribution in [3.05, 3.63) is 58.1 Å². The van der Waals surface area contributed by atoms with Crippen molar-refractivity contribution < 1.29 is 9.47 Å². The second kappa shape index (κ2) is 8.44. The van der Waals surface area contributed by atoms with E-state index in [2.05, 4.69) is 27.1 Å². The third-order valence-corrected chi connectivity index (χ3v) is 5.52. The number of nitrogens with zero attached hydrogens (tertiary/aromatic N) is 4. The highest BCUT2D eigenvalue weighted by molar-refractivity contribution is 5.65. The maximum Gasteiger partial charge on any atom is 0.252 e. The van der Waals surface area contributed by atoms with Gasteiger partial charge in [-0.15, -0.1) is 0 Å². The number of H-pyrrole nitrogens is 1. The molecule has 2 aliphatic rings. The molecule has 0 unspecified atom stereocenters. The van der Waals surface area contributed by atoms with Gasteiger partial charge in [0.1, 0.15) is 5.82 Å². The van der Waals surface area contributed by atoms with Gasteiger partial charge in [0.25, 0.3) is 5.56 Å². The summed E-state index contributed by atoms with van der Waals surface area (Å²) in [7, 11) is 0. The Morgan fingerprint density at radius 1 is 1.13 bits per heavy atom. The van der Waals surface area contributed by atoms with Crippen LogP contribution in [0.4, 0.5) is 17.5 Å². The summed E-state index contributed by atoms with van der Waals surface area (Å²) in [5.74, 6) is 2.05. The Bertz CT molecular complexity index is 1130. The fraction of sp³-hybridized carbons (Fsp3) is 0.364. The van der Waals surface area contributed by atoms with Crippen molar-refractivity contribution in [2.24, 2.45) is 0 Å². The number of fused-ring (bicyclic) bond motifs is 1. The molecule has 160 valence electrons. The van der Waals surface area contributed by atoms with E-state index in [4.69, 9.17) is 19.4 Å². The summed E-state index contributed by atoms with van der Waals surface area (Å²) in [5.41, 5.74) is 3.67. The standard InChI is InChI=1S/C22H24N6O3/c1-14-12-31-11-9-28(14)21-17-13-30-10-7-18(17)25-20(27-21)15-2-4-16(5-3-15)24-22-23-8-6-19(29)26-22/h2-6,8,14H,7,9-13H2,1H3,(H2,23,24,26,29)/t14-/m0/s1. The Labute approximate surface area is 179 Å². The first kappa shape index (κ1) is 19.7. The van der Waals surface area contributed by atoms with Gasteiger partial charge in [-0.1, -0.05) is 0 Å². The zero-order valence-electron chi connectivity index (χ0n) is 17.3. The lowest BCUT2D eigenvalue weighted by Crippen LogP contribution is -2.45. The third kappa shape index (κ3) is 4.14. The van der Waals surface area contributed by atoms with E-state index in [1.54, 1.807) is 0 Å². The van der Waals surface area contributed by atoms with Crippen molar-refractivity contribution in [3.8, 4) is 11.4 Å². The Balaban J connectivity index is 1.47. The van der Waals surface area contributed by atoms with Gasteiger partial charge in [0.2, 0.25) is 5.95 Å². The largest absolute Gasteiger partial charge is 0.377 e. The van der Waals surface area contributed by atoms with E-state index in [9.17, 15) is 4.79 Å². The molecule has 4 heterocycles. The lowest BCUT2D eigenvalue weighted by molar-refractivity contribution is 0.0952. The van der Waals surface area contributed by atoms with Crippen molar-refractivity contribution >= 4 is 17.5 Å². The van der Waals surface area contributed by atoms with Crippen molar-refractivity contribution in [2.45, 2.75) is 26.0 Å². The van der Waals surface area contributed by atoms with Gasteiger partial charge in [-0.2, -0.15) is 0 Å². The van der Waals surface area contributed by atoms with E-state index in [1.165, 1.54) is 12.3 Å². The van der Waals surface area contributed by atoms with Crippen molar-refractivity contribution in [2.75, 3.05) is 36.6 Å². The number of hydrogen-bond donors (Lipinski definition) is 2. The molecule has 3 aromatic rings. The number of morpholine rings is 1. The molecule has 2 N–H and O–H groups in total. The highest BCUT2D eigenvalue weighted by Crippen LogP contribution is 2.31. The molecule has 0 amide bonds. The second-order valence-corrected chi connectivity index (χ2v) is 7.70. The van der Waals surface area contributed by atoms with E-state index in [-0.39, 0.29) is 11.6 Å². The molecular formula is C22H24N6O3. The van der Waals surface area contributed by atoms with Crippen LogP contribution < -0.4 is 15.8 Å².